The summed E-state index contributed by atoms with van der Waals surface area (Å²) in [5, 5.41) is 10.3. The Balaban J connectivity index is 2.80. The molecule has 13 heavy (non-hydrogen) atoms. The van der Waals surface area contributed by atoms with E-state index in [0.29, 0.717) is 0 Å². The SMILES string of the molecule is OCc1c(S)sc2ccc(I)cc12. The van der Waals surface area contributed by atoms with Crippen molar-refractivity contribution in [1.29, 1.82) is 0 Å². The molecule has 1 nitrogen and oxygen atoms in total. The van der Waals surface area contributed by atoms with E-state index >= 15 is 0 Å². The second-order valence-electron chi connectivity index (χ2n) is 2.68. The van der Waals surface area contributed by atoms with Gasteiger partial charge < -0.3 is 5.11 Å². The molecule has 2 aromatic rings. The third kappa shape index (κ3) is 1.72. The van der Waals surface area contributed by atoms with E-state index in [0.717, 1.165) is 15.2 Å². The minimum absolute atomic E-state index is 0.0684. The topological polar surface area (TPSA) is 20.2 Å². The van der Waals surface area contributed by atoms with Crippen LogP contribution in [0.15, 0.2) is 22.4 Å². The lowest BCUT2D eigenvalue weighted by Gasteiger charge is -1.95. The molecule has 68 valence electrons. The summed E-state index contributed by atoms with van der Waals surface area (Å²) in [7, 11) is 0. The predicted octanol–water partition coefficient (Wildman–Crippen LogP) is 3.29. The number of hydrogen-bond acceptors (Lipinski definition) is 3. The minimum atomic E-state index is 0.0684. The molecule has 1 heterocycles. The number of thiophene rings is 1. The van der Waals surface area contributed by atoms with Gasteiger partial charge in [-0.3, -0.25) is 0 Å². The van der Waals surface area contributed by atoms with Gasteiger partial charge in [0.1, 0.15) is 0 Å². The fraction of sp³-hybridized carbons (Fsp3) is 0.111. The number of aliphatic hydroxyl groups excluding tert-OH is 1. The van der Waals surface area contributed by atoms with E-state index in [-0.39, 0.29) is 6.61 Å². The van der Waals surface area contributed by atoms with Crippen molar-refractivity contribution in [3.05, 3.63) is 27.3 Å². The molecule has 4 heteroatoms. The molecule has 0 aliphatic rings. The Morgan fingerprint density at radius 2 is 2.23 bits per heavy atom. The van der Waals surface area contributed by atoms with Crippen LogP contribution < -0.4 is 0 Å². The monoisotopic (exact) mass is 322 g/mol. The van der Waals surface area contributed by atoms with Gasteiger partial charge in [-0.05, 0) is 40.8 Å². The van der Waals surface area contributed by atoms with E-state index in [9.17, 15) is 0 Å². The number of fused-ring (bicyclic) bond motifs is 1. The Kier molecular flexibility index (Phi) is 2.83. The molecule has 0 aliphatic heterocycles. The van der Waals surface area contributed by atoms with Gasteiger partial charge in [0.2, 0.25) is 0 Å². The number of aliphatic hydroxyl groups is 1. The zero-order valence-electron chi connectivity index (χ0n) is 6.62. The van der Waals surface area contributed by atoms with Crippen LogP contribution in [0.4, 0.5) is 0 Å². The van der Waals surface area contributed by atoms with Crippen LogP contribution in [-0.4, -0.2) is 5.11 Å². The van der Waals surface area contributed by atoms with Crippen LogP contribution in [0.3, 0.4) is 0 Å². The number of halogens is 1. The lowest BCUT2D eigenvalue weighted by atomic mass is 10.2. The molecule has 0 spiro atoms. The Morgan fingerprint density at radius 1 is 1.46 bits per heavy atom. The van der Waals surface area contributed by atoms with Crippen LogP contribution in [0, 0.1) is 3.57 Å². The normalized spacial score (nSPS) is 11.0. The van der Waals surface area contributed by atoms with Gasteiger partial charge in [0.15, 0.2) is 0 Å². The fourth-order valence-corrected chi connectivity index (χ4v) is 3.17. The van der Waals surface area contributed by atoms with Crippen molar-refractivity contribution in [2.45, 2.75) is 10.8 Å². The molecule has 0 unspecified atom stereocenters. The average molecular weight is 322 g/mol. The number of rotatable bonds is 1. The van der Waals surface area contributed by atoms with E-state index in [1.165, 1.54) is 8.27 Å². The highest BCUT2D eigenvalue weighted by atomic mass is 127. The summed E-state index contributed by atoms with van der Waals surface area (Å²) in [6.07, 6.45) is 0. The molecule has 2 rings (SSSR count). The van der Waals surface area contributed by atoms with Gasteiger partial charge in [-0.15, -0.1) is 24.0 Å². The van der Waals surface area contributed by atoms with Crippen LogP contribution in [0.1, 0.15) is 5.56 Å². The lowest BCUT2D eigenvalue weighted by molar-refractivity contribution is 0.281. The zero-order valence-corrected chi connectivity index (χ0v) is 10.5. The predicted molar refractivity (Wildman–Crippen MR) is 67.7 cm³/mol. The largest absolute Gasteiger partial charge is 0.392 e. The molecule has 0 amide bonds. The maximum atomic E-state index is 9.15. The van der Waals surface area contributed by atoms with Crippen LogP contribution in [0.5, 0.6) is 0 Å². The molecule has 0 radical (unpaired) electrons. The maximum absolute atomic E-state index is 9.15. The molecule has 0 fully saturated rings. The Labute approximate surface area is 99.3 Å². The van der Waals surface area contributed by atoms with E-state index < -0.39 is 0 Å². The molecular formula is C9H7IOS2. The van der Waals surface area contributed by atoms with Gasteiger partial charge in [0.05, 0.1) is 10.8 Å². The Morgan fingerprint density at radius 3 is 2.92 bits per heavy atom. The summed E-state index contributed by atoms with van der Waals surface area (Å²) >= 11 is 8.21. The summed E-state index contributed by atoms with van der Waals surface area (Å²) in [5.74, 6) is 0. The highest BCUT2D eigenvalue weighted by Crippen LogP contribution is 2.34. The molecular weight excluding hydrogens is 315 g/mol. The van der Waals surface area contributed by atoms with Crippen LogP contribution in [0.2, 0.25) is 0 Å². The third-order valence-electron chi connectivity index (χ3n) is 1.89. The second-order valence-corrected chi connectivity index (χ2v) is 5.73. The van der Waals surface area contributed by atoms with Gasteiger partial charge >= 0.3 is 0 Å². The highest BCUT2D eigenvalue weighted by molar-refractivity contribution is 14.1. The first-order valence-electron chi connectivity index (χ1n) is 3.73. The van der Waals surface area contributed by atoms with Gasteiger partial charge in [-0.25, -0.2) is 0 Å². The molecule has 0 saturated carbocycles. The Bertz CT molecular complexity index is 450. The van der Waals surface area contributed by atoms with Crippen LogP contribution in [-0.2, 0) is 6.61 Å². The van der Waals surface area contributed by atoms with Gasteiger partial charge in [0.25, 0.3) is 0 Å². The van der Waals surface area contributed by atoms with Crippen LogP contribution in [0.25, 0.3) is 10.1 Å². The van der Waals surface area contributed by atoms with Crippen LogP contribution >= 0.6 is 46.6 Å². The van der Waals surface area contributed by atoms with Crippen molar-refractivity contribution in [3.8, 4) is 0 Å². The first-order valence-corrected chi connectivity index (χ1v) is 6.07. The number of benzene rings is 1. The third-order valence-corrected chi connectivity index (χ3v) is 4.12. The summed E-state index contributed by atoms with van der Waals surface area (Å²) < 4.78 is 3.29. The number of hydrogen-bond donors (Lipinski definition) is 2. The Hall–Kier alpha value is 0.220. The number of thiol groups is 1. The smallest absolute Gasteiger partial charge is 0.0707 e. The summed E-state index contributed by atoms with van der Waals surface area (Å²) in [6, 6.07) is 6.21. The van der Waals surface area contributed by atoms with Crippen molar-refractivity contribution in [2.24, 2.45) is 0 Å². The van der Waals surface area contributed by atoms with E-state index in [1.54, 1.807) is 11.3 Å². The van der Waals surface area contributed by atoms with E-state index in [4.69, 9.17) is 5.11 Å². The first-order chi connectivity index (χ1) is 6.22. The molecule has 0 saturated heterocycles. The summed E-state index contributed by atoms with van der Waals surface area (Å²) in [4.78, 5) is 0. The lowest BCUT2D eigenvalue weighted by Crippen LogP contribution is -1.81. The standard InChI is InChI=1S/C9H7IOS2/c10-5-1-2-8-6(3-5)7(4-11)9(12)13-8/h1-3,11-12H,4H2. The quantitative estimate of drug-likeness (QED) is 0.610. The van der Waals surface area contributed by atoms with Crippen molar-refractivity contribution < 1.29 is 5.11 Å². The summed E-state index contributed by atoms with van der Waals surface area (Å²) in [6.45, 7) is 0.0684. The van der Waals surface area contributed by atoms with Crippen molar-refractivity contribution in [3.63, 3.8) is 0 Å². The van der Waals surface area contributed by atoms with Crippen molar-refractivity contribution in [1.82, 2.24) is 0 Å². The highest BCUT2D eigenvalue weighted by Gasteiger charge is 2.08. The maximum Gasteiger partial charge on any atom is 0.0707 e. The molecule has 0 bridgehead atoms. The first kappa shape index (κ1) is 9.76. The van der Waals surface area contributed by atoms with Crippen molar-refractivity contribution in [2.75, 3.05) is 0 Å². The van der Waals surface area contributed by atoms with Gasteiger partial charge in [0, 0.05) is 19.2 Å². The fourth-order valence-electron chi connectivity index (χ4n) is 1.26. The molecule has 0 atom stereocenters. The summed E-state index contributed by atoms with van der Waals surface area (Å²) in [5.41, 5.74) is 0.946. The van der Waals surface area contributed by atoms with E-state index in [2.05, 4.69) is 53.4 Å². The minimum Gasteiger partial charge on any atom is -0.392 e. The average Bonchev–Trinajstić information content (AvgIpc) is 2.40. The molecule has 1 N–H and O–H groups in total. The molecule has 1 aromatic heterocycles. The molecule has 1 aromatic carbocycles. The zero-order chi connectivity index (χ0) is 9.42. The van der Waals surface area contributed by atoms with E-state index in [1.807, 2.05) is 0 Å². The van der Waals surface area contributed by atoms with Gasteiger partial charge in [-0.1, -0.05) is 0 Å². The second kappa shape index (κ2) is 3.76. The molecule has 0 aliphatic carbocycles. The van der Waals surface area contributed by atoms with Crippen molar-refractivity contribution >= 4 is 56.6 Å². The van der Waals surface area contributed by atoms with Gasteiger partial charge in [-0.2, -0.15) is 0 Å².